The quantitative estimate of drug-likeness (QED) is 0.673. The van der Waals surface area contributed by atoms with Crippen molar-refractivity contribution >= 4 is 23.0 Å². The van der Waals surface area contributed by atoms with Crippen LogP contribution in [0.25, 0.3) is 0 Å². The van der Waals surface area contributed by atoms with Gasteiger partial charge in [-0.3, -0.25) is 0 Å². The Balaban J connectivity index is 0.000000282. The van der Waals surface area contributed by atoms with Crippen molar-refractivity contribution < 1.29 is 29.2 Å². The van der Waals surface area contributed by atoms with Crippen LogP contribution in [0.2, 0.25) is 0 Å². The Labute approximate surface area is 183 Å². The molecule has 0 aromatic heterocycles. The Morgan fingerprint density at radius 2 is 1.72 bits per heavy atom. The molecular formula is C21H34BrNO6. The minimum Gasteiger partial charge on any atom is -0.493 e. The van der Waals surface area contributed by atoms with Crippen molar-refractivity contribution in [3.8, 4) is 17.2 Å². The Hall–Kier alpha value is -1.51. The Kier molecular flexibility index (Phi) is 10.8. The van der Waals surface area contributed by atoms with Gasteiger partial charge in [0.05, 0.1) is 33.0 Å². The van der Waals surface area contributed by atoms with Crippen LogP contribution in [-0.4, -0.2) is 68.1 Å². The summed E-state index contributed by atoms with van der Waals surface area (Å²) >= 11 is 0. The molecule has 166 valence electrons. The number of hydrogen-bond acceptors (Lipinski definition) is 6. The van der Waals surface area contributed by atoms with Gasteiger partial charge >= 0.3 is 5.97 Å². The minimum absolute atomic E-state index is 0. The lowest BCUT2D eigenvalue weighted by Crippen LogP contribution is -2.46. The molecule has 1 aromatic carbocycles. The maximum atomic E-state index is 10.8. The van der Waals surface area contributed by atoms with Crippen LogP contribution in [0.1, 0.15) is 43.0 Å². The van der Waals surface area contributed by atoms with Gasteiger partial charge in [0.15, 0.2) is 11.5 Å². The number of fused-ring (bicyclic) bond motifs is 1. The highest BCUT2D eigenvalue weighted by molar-refractivity contribution is 8.93. The van der Waals surface area contributed by atoms with Crippen LogP contribution in [0.3, 0.4) is 0 Å². The first-order valence-electron chi connectivity index (χ1n) is 9.88. The van der Waals surface area contributed by atoms with E-state index >= 15 is 0 Å². The molecule has 0 bridgehead atoms. The first-order valence-corrected chi connectivity index (χ1v) is 9.88. The number of likely N-dealkylation sites (tertiary alicyclic amines) is 1. The van der Waals surface area contributed by atoms with Gasteiger partial charge in [-0.25, -0.2) is 4.79 Å². The number of aliphatic hydroxyl groups is 1. The van der Waals surface area contributed by atoms with E-state index in [1.165, 1.54) is 72.4 Å². The Morgan fingerprint density at radius 1 is 1.10 bits per heavy atom. The lowest BCUT2D eigenvalue weighted by atomic mass is 9.73. The average molecular weight is 476 g/mol. The molecule has 2 aliphatic rings. The maximum absolute atomic E-state index is 10.8. The highest BCUT2D eigenvalue weighted by atomic mass is 79.9. The second-order valence-electron chi connectivity index (χ2n) is 7.32. The Morgan fingerprint density at radius 3 is 2.21 bits per heavy atom. The van der Waals surface area contributed by atoms with E-state index in [0.717, 1.165) is 12.3 Å². The van der Waals surface area contributed by atoms with Crippen LogP contribution in [-0.2, 0) is 0 Å². The zero-order chi connectivity index (χ0) is 20.7. The van der Waals surface area contributed by atoms with Crippen LogP contribution >= 0.6 is 17.0 Å². The normalized spacial score (nSPS) is 23.6. The standard InChI is InChI=1S/C11H21NO.C10H12O5.BrH/c1-2-12-7-6-10-9(8-12)4-3-5-11(10)13;1-13-7-4-6(10(11)12)5-8(14-2)9(7)15-3;/h9-11,13H,2-8H2,1H3;4-5H,1-3H3,(H,11,12);1H. The van der Waals surface area contributed by atoms with Crippen molar-refractivity contribution in [1.29, 1.82) is 0 Å². The summed E-state index contributed by atoms with van der Waals surface area (Å²) in [6, 6.07) is 2.76. The van der Waals surface area contributed by atoms with Crippen LogP contribution in [0.15, 0.2) is 12.1 Å². The molecule has 1 aliphatic carbocycles. The molecule has 29 heavy (non-hydrogen) atoms. The molecule has 3 unspecified atom stereocenters. The van der Waals surface area contributed by atoms with Gasteiger partial charge in [0.1, 0.15) is 0 Å². The molecule has 3 atom stereocenters. The molecule has 1 heterocycles. The lowest BCUT2D eigenvalue weighted by molar-refractivity contribution is -0.0135. The van der Waals surface area contributed by atoms with E-state index < -0.39 is 5.97 Å². The summed E-state index contributed by atoms with van der Waals surface area (Å²) in [6.45, 7) is 5.85. The number of carbonyl (C=O) groups is 1. The number of benzene rings is 1. The van der Waals surface area contributed by atoms with Gasteiger partial charge < -0.3 is 29.3 Å². The van der Waals surface area contributed by atoms with Gasteiger partial charge in [0.2, 0.25) is 5.75 Å². The monoisotopic (exact) mass is 475 g/mol. The molecule has 2 N–H and O–H groups in total. The smallest absolute Gasteiger partial charge is 0.335 e. The molecular weight excluding hydrogens is 442 g/mol. The van der Waals surface area contributed by atoms with Gasteiger partial charge in [0, 0.05) is 6.54 Å². The van der Waals surface area contributed by atoms with Crippen LogP contribution in [0, 0.1) is 11.8 Å². The Bertz CT molecular complexity index is 631. The lowest BCUT2D eigenvalue weighted by Gasteiger charge is -2.43. The van der Waals surface area contributed by atoms with Crippen LogP contribution in [0.5, 0.6) is 17.2 Å². The van der Waals surface area contributed by atoms with E-state index in [4.69, 9.17) is 19.3 Å². The number of rotatable bonds is 5. The largest absolute Gasteiger partial charge is 0.493 e. The molecule has 1 aromatic rings. The van der Waals surface area contributed by atoms with E-state index in [2.05, 4.69) is 11.8 Å². The molecule has 7 nitrogen and oxygen atoms in total. The van der Waals surface area contributed by atoms with E-state index in [1.807, 2.05) is 0 Å². The van der Waals surface area contributed by atoms with Gasteiger partial charge in [0.25, 0.3) is 0 Å². The summed E-state index contributed by atoms with van der Waals surface area (Å²) in [4.78, 5) is 13.3. The first-order chi connectivity index (χ1) is 13.4. The van der Waals surface area contributed by atoms with Crippen molar-refractivity contribution in [2.24, 2.45) is 11.8 Å². The SMILES string of the molecule is Br.CCN1CCC2C(O)CCCC2C1.COc1cc(C(=O)O)cc(OC)c1OC. The third-order valence-corrected chi connectivity index (χ3v) is 5.80. The first kappa shape index (κ1) is 25.5. The van der Waals surface area contributed by atoms with Crippen molar-refractivity contribution in [2.75, 3.05) is 41.0 Å². The number of ether oxygens (including phenoxy) is 3. The number of piperidine rings is 1. The molecule has 0 amide bonds. The van der Waals surface area contributed by atoms with Crippen molar-refractivity contribution in [2.45, 2.75) is 38.7 Å². The molecule has 1 aliphatic heterocycles. The highest BCUT2D eigenvalue weighted by Gasteiger charge is 2.35. The summed E-state index contributed by atoms with van der Waals surface area (Å²) in [5, 5.41) is 18.7. The van der Waals surface area contributed by atoms with E-state index in [-0.39, 0.29) is 28.6 Å². The summed E-state index contributed by atoms with van der Waals surface area (Å²) in [7, 11) is 4.33. The predicted molar refractivity (Wildman–Crippen MR) is 117 cm³/mol. The minimum atomic E-state index is -1.05. The molecule has 3 rings (SSSR count). The molecule has 0 radical (unpaired) electrons. The van der Waals surface area contributed by atoms with Crippen LogP contribution < -0.4 is 14.2 Å². The van der Waals surface area contributed by atoms with E-state index in [0.29, 0.717) is 23.2 Å². The van der Waals surface area contributed by atoms with E-state index in [1.54, 1.807) is 0 Å². The van der Waals surface area contributed by atoms with E-state index in [9.17, 15) is 9.90 Å². The third-order valence-electron chi connectivity index (χ3n) is 5.80. The van der Waals surface area contributed by atoms with Gasteiger partial charge in [-0.1, -0.05) is 13.3 Å². The van der Waals surface area contributed by atoms with Gasteiger partial charge in [-0.2, -0.15) is 0 Å². The van der Waals surface area contributed by atoms with Crippen molar-refractivity contribution in [3.63, 3.8) is 0 Å². The fourth-order valence-corrected chi connectivity index (χ4v) is 4.23. The molecule has 1 saturated heterocycles. The molecule has 8 heteroatoms. The van der Waals surface area contributed by atoms with Crippen molar-refractivity contribution in [3.05, 3.63) is 17.7 Å². The van der Waals surface area contributed by atoms with Gasteiger partial charge in [-0.05, 0) is 56.3 Å². The number of hydrogen-bond donors (Lipinski definition) is 2. The fraction of sp³-hybridized carbons (Fsp3) is 0.667. The second kappa shape index (κ2) is 12.2. The summed E-state index contributed by atoms with van der Waals surface area (Å²) in [6.07, 6.45) is 4.86. The van der Waals surface area contributed by atoms with Gasteiger partial charge in [-0.15, -0.1) is 17.0 Å². The number of aromatic carboxylic acids is 1. The molecule has 1 saturated carbocycles. The number of halogens is 1. The molecule has 2 fully saturated rings. The number of carboxylic acids is 1. The third kappa shape index (κ3) is 6.49. The summed E-state index contributed by atoms with van der Waals surface area (Å²) in [5.74, 6) is 1.40. The summed E-state index contributed by atoms with van der Waals surface area (Å²) in [5.41, 5.74) is 0.0875. The number of nitrogens with zero attached hydrogens (tertiary/aromatic N) is 1. The topological polar surface area (TPSA) is 88.5 Å². The van der Waals surface area contributed by atoms with Crippen molar-refractivity contribution in [1.82, 2.24) is 4.90 Å². The number of methoxy groups -OCH3 is 3. The molecule has 0 spiro atoms. The second-order valence-corrected chi connectivity index (χ2v) is 7.32. The predicted octanol–water partition coefficient (Wildman–Crippen LogP) is 3.48. The zero-order valence-corrected chi connectivity index (χ0v) is 19.4. The fourth-order valence-electron chi connectivity index (χ4n) is 4.23. The van der Waals surface area contributed by atoms with Crippen LogP contribution in [0.4, 0.5) is 0 Å². The average Bonchev–Trinajstić information content (AvgIpc) is 2.72. The maximum Gasteiger partial charge on any atom is 0.335 e. The number of aliphatic hydroxyl groups excluding tert-OH is 1. The highest BCUT2D eigenvalue weighted by Crippen LogP contribution is 2.38. The summed E-state index contributed by atoms with van der Waals surface area (Å²) < 4.78 is 15.1. The number of carboxylic acid groups (broad SMARTS) is 1. The zero-order valence-electron chi connectivity index (χ0n) is 17.7.